The van der Waals surface area contributed by atoms with Crippen LogP contribution in [0.15, 0.2) is 0 Å². The molecule has 1 aromatic heterocycles. The molecule has 2 nitrogen and oxygen atoms in total. The Kier molecular flexibility index (Phi) is 4.88. The van der Waals surface area contributed by atoms with Gasteiger partial charge in [0.05, 0.1) is 5.69 Å². The summed E-state index contributed by atoms with van der Waals surface area (Å²) in [4.78, 5) is 6.31. The monoisotopic (exact) mass is 270 g/mol. The van der Waals surface area contributed by atoms with E-state index in [4.69, 9.17) is 4.98 Å². The first-order chi connectivity index (χ1) is 8.20. The van der Waals surface area contributed by atoms with Crippen molar-refractivity contribution in [1.29, 1.82) is 0 Å². The van der Waals surface area contributed by atoms with Gasteiger partial charge in [-0.05, 0) is 31.6 Å². The number of thiazole rings is 1. The third-order valence-corrected chi connectivity index (χ3v) is 5.38. The quantitative estimate of drug-likeness (QED) is 0.819. The molecule has 1 aliphatic rings. The summed E-state index contributed by atoms with van der Waals surface area (Å²) in [5.41, 5.74) is 1.39. The van der Waals surface area contributed by atoms with Gasteiger partial charge in [-0.2, -0.15) is 11.8 Å². The minimum Gasteiger partial charge on any atom is -0.315 e. The van der Waals surface area contributed by atoms with E-state index >= 15 is 0 Å². The van der Waals surface area contributed by atoms with Gasteiger partial charge in [0.1, 0.15) is 5.01 Å². The Labute approximate surface area is 113 Å². The summed E-state index contributed by atoms with van der Waals surface area (Å²) in [6.07, 6.45) is 2.69. The van der Waals surface area contributed by atoms with Gasteiger partial charge in [0.25, 0.3) is 0 Å². The van der Waals surface area contributed by atoms with Gasteiger partial charge in [-0.25, -0.2) is 4.98 Å². The van der Waals surface area contributed by atoms with Crippen LogP contribution in [0, 0.1) is 5.92 Å². The van der Waals surface area contributed by atoms with Gasteiger partial charge in [0.2, 0.25) is 0 Å². The minimum absolute atomic E-state index is 0.776. The fraction of sp³-hybridized carbons (Fsp3) is 0.769. The van der Waals surface area contributed by atoms with Gasteiger partial charge in [-0.15, -0.1) is 11.3 Å². The van der Waals surface area contributed by atoms with Crippen molar-refractivity contribution in [1.82, 2.24) is 10.3 Å². The van der Waals surface area contributed by atoms with Gasteiger partial charge >= 0.3 is 0 Å². The van der Waals surface area contributed by atoms with Crippen LogP contribution in [0.4, 0.5) is 0 Å². The lowest BCUT2D eigenvalue weighted by molar-refractivity contribution is 0.750. The number of hydrogen-bond donors (Lipinski definition) is 1. The Bertz CT molecular complexity index is 356. The molecule has 0 amide bonds. The fourth-order valence-corrected chi connectivity index (χ4v) is 4.10. The lowest BCUT2D eigenvalue weighted by Crippen LogP contribution is -2.05. The zero-order chi connectivity index (χ0) is 12.3. The first-order valence-corrected chi connectivity index (χ1v) is 8.38. The van der Waals surface area contributed by atoms with E-state index < -0.39 is 0 Å². The molecule has 96 valence electrons. The molecule has 1 aromatic rings. The lowest BCUT2D eigenvalue weighted by atomic mass is 10.2. The normalized spacial score (nSPS) is 15.8. The highest BCUT2D eigenvalue weighted by molar-refractivity contribution is 7.98. The van der Waals surface area contributed by atoms with E-state index in [2.05, 4.69) is 19.2 Å². The van der Waals surface area contributed by atoms with Crippen molar-refractivity contribution in [3.8, 4) is 0 Å². The molecule has 1 saturated carbocycles. The minimum atomic E-state index is 0.776. The first kappa shape index (κ1) is 13.4. The molecule has 0 unspecified atom stereocenters. The Hall–Kier alpha value is -0.0600. The van der Waals surface area contributed by atoms with Crippen molar-refractivity contribution in [2.75, 3.05) is 12.8 Å². The predicted octanol–water partition coefficient (Wildman–Crippen LogP) is 3.63. The van der Waals surface area contributed by atoms with E-state index in [0.29, 0.717) is 0 Å². The zero-order valence-electron chi connectivity index (χ0n) is 11.0. The average molecular weight is 270 g/mol. The summed E-state index contributed by atoms with van der Waals surface area (Å²) >= 11 is 3.92. The summed E-state index contributed by atoms with van der Waals surface area (Å²) < 4.78 is 0. The molecule has 0 spiro atoms. The second-order valence-electron chi connectivity index (χ2n) is 5.13. The molecule has 1 N–H and O–H groups in total. The van der Waals surface area contributed by atoms with Crippen molar-refractivity contribution in [2.45, 2.75) is 44.9 Å². The van der Waals surface area contributed by atoms with Crippen LogP contribution in [0.3, 0.4) is 0 Å². The second kappa shape index (κ2) is 6.21. The van der Waals surface area contributed by atoms with Crippen molar-refractivity contribution in [3.63, 3.8) is 0 Å². The van der Waals surface area contributed by atoms with Crippen LogP contribution in [-0.4, -0.2) is 17.8 Å². The third kappa shape index (κ3) is 3.97. The van der Waals surface area contributed by atoms with Gasteiger partial charge in [-0.1, -0.05) is 13.8 Å². The topological polar surface area (TPSA) is 24.9 Å². The number of nitrogens with one attached hydrogen (secondary N) is 1. The Balaban J connectivity index is 1.95. The molecule has 2 rings (SSSR count). The number of aromatic nitrogens is 1. The van der Waals surface area contributed by atoms with Crippen molar-refractivity contribution in [2.24, 2.45) is 5.92 Å². The maximum atomic E-state index is 4.85. The van der Waals surface area contributed by atoms with Crippen molar-refractivity contribution < 1.29 is 0 Å². The summed E-state index contributed by atoms with van der Waals surface area (Å²) in [6.45, 7) is 5.53. The highest BCUT2D eigenvalue weighted by Gasteiger charge is 2.29. The molecular formula is C13H22N2S2. The largest absolute Gasteiger partial charge is 0.315 e. The van der Waals surface area contributed by atoms with Gasteiger partial charge in [0.15, 0.2) is 0 Å². The molecule has 0 atom stereocenters. The molecule has 0 saturated heterocycles. The second-order valence-corrected chi connectivity index (χ2v) is 7.33. The average Bonchev–Trinajstić information content (AvgIpc) is 3.03. The van der Waals surface area contributed by atoms with Crippen molar-refractivity contribution in [3.05, 3.63) is 15.6 Å². The van der Waals surface area contributed by atoms with Crippen LogP contribution in [0.25, 0.3) is 0 Å². The molecule has 17 heavy (non-hydrogen) atoms. The number of thioether (sulfide) groups is 1. The maximum absolute atomic E-state index is 4.85. The van der Waals surface area contributed by atoms with Gasteiger partial charge in [0, 0.05) is 23.1 Å². The smallest absolute Gasteiger partial charge is 0.103 e. The standard InChI is InChI=1S/C13H22N2S2/c1-9(2)7-16-8-12-15-13(10-4-5-10)11(17-12)6-14-3/h9-10,14H,4-8H2,1-3H3. The summed E-state index contributed by atoms with van der Waals surface area (Å²) in [5.74, 6) is 3.88. The predicted molar refractivity (Wildman–Crippen MR) is 77.9 cm³/mol. The van der Waals surface area contributed by atoms with E-state index in [1.807, 2.05) is 30.1 Å². The summed E-state index contributed by atoms with van der Waals surface area (Å²) in [6, 6.07) is 0. The molecule has 0 bridgehead atoms. The molecule has 0 aromatic carbocycles. The lowest BCUT2D eigenvalue weighted by Gasteiger charge is -2.01. The Morgan fingerprint density at radius 3 is 2.82 bits per heavy atom. The summed E-state index contributed by atoms with van der Waals surface area (Å²) in [7, 11) is 2.02. The van der Waals surface area contributed by atoms with Crippen LogP contribution >= 0.6 is 23.1 Å². The van der Waals surface area contributed by atoms with Crippen molar-refractivity contribution >= 4 is 23.1 Å². The van der Waals surface area contributed by atoms with Crippen LogP contribution in [-0.2, 0) is 12.3 Å². The fourth-order valence-electron chi connectivity index (χ4n) is 1.82. The number of nitrogens with zero attached hydrogens (tertiary/aromatic N) is 1. The van der Waals surface area contributed by atoms with Crippen LogP contribution in [0.2, 0.25) is 0 Å². The summed E-state index contributed by atoms with van der Waals surface area (Å²) in [5, 5.41) is 4.58. The maximum Gasteiger partial charge on any atom is 0.103 e. The van der Waals surface area contributed by atoms with E-state index in [0.717, 1.165) is 24.1 Å². The number of rotatable bonds is 7. The third-order valence-electron chi connectivity index (χ3n) is 2.75. The zero-order valence-corrected chi connectivity index (χ0v) is 12.6. The van der Waals surface area contributed by atoms with Crippen LogP contribution < -0.4 is 5.32 Å². The van der Waals surface area contributed by atoms with Gasteiger partial charge < -0.3 is 5.32 Å². The SMILES string of the molecule is CNCc1sc(CSCC(C)C)nc1C1CC1. The van der Waals surface area contributed by atoms with E-state index in [-0.39, 0.29) is 0 Å². The highest BCUT2D eigenvalue weighted by atomic mass is 32.2. The van der Waals surface area contributed by atoms with E-state index in [1.165, 1.54) is 34.2 Å². The molecule has 1 fully saturated rings. The highest BCUT2D eigenvalue weighted by Crippen LogP contribution is 2.43. The molecule has 1 heterocycles. The Morgan fingerprint density at radius 1 is 1.47 bits per heavy atom. The molecule has 1 aliphatic carbocycles. The van der Waals surface area contributed by atoms with Gasteiger partial charge in [-0.3, -0.25) is 0 Å². The van der Waals surface area contributed by atoms with Crippen LogP contribution in [0.5, 0.6) is 0 Å². The first-order valence-electron chi connectivity index (χ1n) is 6.41. The molecule has 0 radical (unpaired) electrons. The molecule has 0 aliphatic heterocycles. The molecule has 4 heteroatoms. The van der Waals surface area contributed by atoms with E-state index in [1.54, 1.807) is 0 Å². The molecular weight excluding hydrogens is 248 g/mol. The van der Waals surface area contributed by atoms with Crippen LogP contribution in [0.1, 0.15) is 48.2 Å². The Morgan fingerprint density at radius 2 is 2.24 bits per heavy atom. The van der Waals surface area contributed by atoms with E-state index in [9.17, 15) is 0 Å². The number of hydrogen-bond acceptors (Lipinski definition) is 4.